The third-order valence-electron chi connectivity index (χ3n) is 2.59. The van der Waals surface area contributed by atoms with Crippen molar-refractivity contribution in [2.75, 3.05) is 18.7 Å². The van der Waals surface area contributed by atoms with Crippen molar-refractivity contribution in [1.29, 1.82) is 0 Å². The monoisotopic (exact) mass is 344 g/mol. The third kappa shape index (κ3) is 5.51. The van der Waals surface area contributed by atoms with Crippen molar-refractivity contribution in [3.05, 3.63) is 35.0 Å². The fourth-order valence-electron chi connectivity index (χ4n) is 1.62. The molecule has 0 radical (unpaired) electrons. The predicted molar refractivity (Wildman–Crippen MR) is 81.8 cm³/mol. The molecule has 0 aliphatic rings. The highest BCUT2D eigenvalue weighted by Crippen LogP contribution is 2.33. The van der Waals surface area contributed by atoms with Crippen LogP contribution < -0.4 is 17.6 Å². The Kier molecular flexibility index (Phi) is 6.49. The molecule has 0 fully saturated rings. The van der Waals surface area contributed by atoms with Crippen LogP contribution in [0.3, 0.4) is 0 Å². The zero-order valence-corrected chi connectivity index (χ0v) is 13.0. The molecule has 0 unspecified atom stereocenters. The van der Waals surface area contributed by atoms with Crippen molar-refractivity contribution in [3.63, 3.8) is 0 Å². The highest BCUT2D eigenvalue weighted by atomic mass is 31.2. The van der Waals surface area contributed by atoms with E-state index in [2.05, 4.69) is 15.0 Å². The third-order valence-corrected chi connectivity index (χ3v) is 3.11. The van der Waals surface area contributed by atoms with Crippen molar-refractivity contribution in [1.82, 2.24) is 25.7 Å². The van der Waals surface area contributed by atoms with Crippen LogP contribution in [-0.2, 0) is 15.8 Å². The van der Waals surface area contributed by atoms with E-state index in [9.17, 15) is 9.36 Å². The van der Waals surface area contributed by atoms with E-state index in [0.717, 1.165) is 4.57 Å². The number of hydrogen-bond donors (Lipinski definition) is 4. The minimum Gasteiger partial charge on any atom is -0.369 e. The van der Waals surface area contributed by atoms with Crippen LogP contribution in [0.15, 0.2) is 29.3 Å². The van der Waals surface area contributed by atoms with Gasteiger partial charge in [-0.1, -0.05) is 0 Å². The molecule has 2 heterocycles. The van der Waals surface area contributed by atoms with Crippen LogP contribution in [0.5, 0.6) is 0 Å². The standard InChI is InChI=1S/C11H14N5O5P.H3N/c12-10-14-9(8-1-3-13-4-2-8)15-11(17)16(10)5-6-21-7-22(18,19)20;/h1-4H,5-7H2,(H2,18,19,20)(H2,12,14,15,17);1H3. The number of rotatable bonds is 6. The van der Waals surface area contributed by atoms with E-state index < -0.39 is 19.6 Å². The van der Waals surface area contributed by atoms with E-state index in [1.807, 2.05) is 0 Å². The quantitative estimate of drug-likeness (QED) is 0.396. The van der Waals surface area contributed by atoms with Gasteiger partial charge in [-0.2, -0.15) is 9.97 Å². The molecule has 2 aromatic heterocycles. The van der Waals surface area contributed by atoms with Crippen molar-refractivity contribution in [2.24, 2.45) is 0 Å². The second-order valence-electron chi connectivity index (χ2n) is 4.28. The highest BCUT2D eigenvalue weighted by molar-refractivity contribution is 7.51. The second kappa shape index (κ2) is 7.90. The molecule has 0 saturated carbocycles. The Morgan fingerprint density at radius 1 is 1.26 bits per heavy atom. The van der Waals surface area contributed by atoms with Crippen LogP contribution in [0.25, 0.3) is 11.4 Å². The topological polar surface area (TPSA) is 188 Å². The summed E-state index contributed by atoms with van der Waals surface area (Å²) in [4.78, 5) is 40.9. The maximum absolute atomic E-state index is 11.9. The van der Waals surface area contributed by atoms with E-state index in [4.69, 9.17) is 20.3 Å². The lowest BCUT2D eigenvalue weighted by atomic mass is 10.2. The molecule has 12 heteroatoms. The van der Waals surface area contributed by atoms with Crippen molar-refractivity contribution < 1.29 is 19.1 Å². The van der Waals surface area contributed by atoms with Gasteiger partial charge in [0.2, 0.25) is 5.95 Å². The van der Waals surface area contributed by atoms with Gasteiger partial charge in [-0.15, -0.1) is 0 Å². The van der Waals surface area contributed by atoms with Crippen LogP contribution in [0, 0.1) is 0 Å². The van der Waals surface area contributed by atoms with Gasteiger partial charge in [0, 0.05) is 18.0 Å². The summed E-state index contributed by atoms with van der Waals surface area (Å²) < 4.78 is 16.5. The Labute approximate surface area is 130 Å². The lowest BCUT2D eigenvalue weighted by molar-refractivity contribution is 0.148. The Morgan fingerprint density at radius 2 is 1.91 bits per heavy atom. The average molecular weight is 344 g/mol. The summed E-state index contributed by atoms with van der Waals surface area (Å²) in [5, 5.41) is 0. The minimum atomic E-state index is -4.24. The number of ether oxygens (including phenoxy) is 1. The van der Waals surface area contributed by atoms with Gasteiger partial charge in [-0.25, -0.2) is 4.79 Å². The van der Waals surface area contributed by atoms with E-state index in [1.54, 1.807) is 12.1 Å². The fourth-order valence-corrected chi connectivity index (χ4v) is 1.99. The van der Waals surface area contributed by atoms with E-state index in [1.165, 1.54) is 12.4 Å². The van der Waals surface area contributed by atoms with Gasteiger partial charge in [0.25, 0.3) is 0 Å². The van der Waals surface area contributed by atoms with Gasteiger partial charge in [0.1, 0.15) is 6.35 Å². The summed E-state index contributed by atoms with van der Waals surface area (Å²) in [6.45, 7) is -0.117. The minimum absolute atomic E-state index is 0. The van der Waals surface area contributed by atoms with E-state index >= 15 is 0 Å². The highest BCUT2D eigenvalue weighted by Gasteiger charge is 2.13. The number of aromatic nitrogens is 4. The summed E-state index contributed by atoms with van der Waals surface area (Å²) in [6.07, 6.45) is 2.35. The summed E-state index contributed by atoms with van der Waals surface area (Å²) in [7, 11) is -4.24. The summed E-state index contributed by atoms with van der Waals surface area (Å²) in [5.74, 6) is 0.115. The normalized spacial score (nSPS) is 11.0. The Hall–Kier alpha value is -2.17. The molecule has 0 saturated heterocycles. The first kappa shape index (κ1) is 18.9. The van der Waals surface area contributed by atoms with Gasteiger partial charge >= 0.3 is 13.3 Å². The van der Waals surface area contributed by atoms with Crippen LogP contribution in [0.2, 0.25) is 0 Å². The molecule has 0 spiro atoms. The first-order valence-electron chi connectivity index (χ1n) is 6.14. The number of nitrogen functional groups attached to an aromatic ring is 1. The number of nitrogens with two attached hydrogens (primary N) is 1. The summed E-state index contributed by atoms with van der Waals surface area (Å²) >= 11 is 0. The Morgan fingerprint density at radius 3 is 2.48 bits per heavy atom. The van der Waals surface area contributed by atoms with E-state index in [0.29, 0.717) is 5.56 Å². The lowest BCUT2D eigenvalue weighted by Crippen LogP contribution is -2.29. The maximum atomic E-state index is 11.9. The SMILES string of the molecule is N.Nc1nc(-c2ccncc2)nc(=O)n1CCOCP(=O)(O)O. The van der Waals surface area contributed by atoms with Gasteiger partial charge in [-0.05, 0) is 12.1 Å². The Balaban J connectivity index is 0.00000264. The second-order valence-corrected chi connectivity index (χ2v) is 5.87. The molecule has 2 rings (SSSR count). The Bertz CT molecular complexity index is 746. The number of hydrogen-bond acceptors (Lipinski definition) is 8. The first-order chi connectivity index (χ1) is 10.4. The van der Waals surface area contributed by atoms with Gasteiger partial charge < -0.3 is 26.4 Å². The largest absolute Gasteiger partial charge is 0.369 e. The molecule has 0 aromatic carbocycles. The van der Waals surface area contributed by atoms with Crippen LogP contribution in [0.1, 0.15) is 0 Å². The number of pyridine rings is 1. The zero-order valence-electron chi connectivity index (χ0n) is 12.1. The molecule has 23 heavy (non-hydrogen) atoms. The summed E-state index contributed by atoms with van der Waals surface area (Å²) in [6, 6.07) is 3.28. The molecule has 0 atom stereocenters. The van der Waals surface area contributed by atoms with Gasteiger partial charge in [-0.3, -0.25) is 14.1 Å². The molecule has 2 aromatic rings. The van der Waals surface area contributed by atoms with Crippen molar-refractivity contribution >= 4 is 13.5 Å². The van der Waals surface area contributed by atoms with Gasteiger partial charge in [0.05, 0.1) is 13.2 Å². The molecule has 0 bridgehead atoms. The average Bonchev–Trinajstić information content (AvgIpc) is 2.45. The molecular formula is C11H17N6O5P. The molecule has 11 nitrogen and oxygen atoms in total. The smallest absolute Gasteiger partial charge is 0.352 e. The zero-order chi connectivity index (χ0) is 16.2. The molecular weight excluding hydrogens is 327 g/mol. The number of anilines is 1. The molecule has 0 aliphatic heterocycles. The summed E-state index contributed by atoms with van der Waals surface area (Å²) in [5.41, 5.74) is 5.69. The molecule has 7 N–H and O–H groups in total. The van der Waals surface area contributed by atoms with E-state index in [-0.39, 0.29) is 31.1 Å². The van der Waals surface area contributed by atoms with Crippen molar-refractivity contribution in [3.8, 4) is 11.4 Å². The molecule has 0 aliphatic carbocycles. The fraction of sp³-hybridized carbons (Fsp3) is 0.273. The van der Waals surface area contributed by atoms with Crippen LogP contribution >= 0.6 is 7.60 Å². The van der Waals surface area contributed by atoms with Crippen LogP contribution in [-0.4, -0.2) is 42.3 Å². The number of nitrogens with zero attached hydrogens (tertiary/aromatic N) is 4. The molecule has 126 valence electrons. The van der Waals surface area contributed by atoms with Crippen molar-refractivity contribution in [2.45, 2.75) is 6.54 Å². The first-order valence-corrected chi connectivity index (χ1v) is 7.93. The predicted octanol–water partition coefficient (Wildman–Crippen LogP) is -0.404. The lowest BCUT2D eigenvalue weighted by Gasteiger charge is -2.10. The molecule has 0 amide bonds. The van der Waals surface area contributed by atoms with Crippen LogP contribution in [0.4, 0.5) is 5.95 Å². The maximum Gasteiger partial charge on any atom is 0.352 e. The van der Waals surface area contributed by atoms with Gasteiger partial charge in [0.15, 0.2) is 5.82 Å².